The summed E-state index contributed by atoms with van der Waals surface area (Å²) in [7, 11) is 0. The van der Waals surface area contributed by atoms with Gasteiger partial charge in [-0.05, 0) is 17.2 Å². The molecule has 0 aromatic heterocycles. The molecule has 0 saturated carbocycles. The minimum atomic E-state index is 0.736. The fourth-order valence-corrected chi connectivity index (χ4v) is 1.36. The molecule has 2 nitrogen and oxygen atoms in total. The van der Waals surface area contributed by atoms with Crippen molar-refractivity contribution in [3.8, 4) is 0 Å². The third-order valence-electron chi connectivity index (χ3n) is 2.09. The molecule has 1 aliphatic rings. The van der Waals surface area contributed by atoms with Gasteiger partial charge in [0.15, 0.2) is 0 Å². The highest BCUT2D eigenvalue weighted by atomic mass is 15.0. The average molecular weight is 172 g/mol. The second kappa shape index (κ2) is 3.35. The van der Waals surface area contributed by atoms with Crippen LogP contribution < -0.4 is 11.1 Å². The van der Waals surface area contributed by atoms with Gasteiger partial charge >= 0.3 is 0 Å². The van der Waals surface area contributed by atoms with E-state index in [1.165, 1.54) is 11.1 Å². The summed E-state index contributed by atoms with van der Waals surface area (Å²) in [5, 5.41) is 3.10. The molecule has 0 unspecified atom stereocenters. The van der Waals surface area contributed by atoms with Crippen molar-refractivity contribution in [1.29, 1.82) is 0 Å². The van der Waals surface area contributed by atoms with E-state index in [1.807, 2.05) is 24.3 Å². The molecule has 0 atom stereocenters. The van der Waals surface area contributed by atoms with E-state index in [2.05, 4.69) is 23.5 Å². The normalized spacial score (nSPS) is 15.7. The number of nitrogens with two attached hydrogens (primary N) is 1. The minimum absolute atomic E-state index is 0.736. The average Bonchev–Trinajstić information content (AvgIpc) is 2.20. The number of nitrogens with one attached hydrogen (secondary N) is 1. The summed E-state index contributed by atoms with van der Waals surface area (Å²) in [5.41, 5.74) is 8.10. The van der Waals surface area contributed by atoms with Gasteiger partial charge in [0.2, 0.25) is 0 Å². The lowest BCUT2D eigenvalue weighted by atomic mass is 10.0. The summed E-state index contributed by atoms with van der Waals surface area (Å²) in [6, 6.07) is 10.3. The molecule has 1 heterocycles. The number of benzene rings is 1. The molecular weight excluding hydrogens is 160 g/mol. The first kappa shape index (κ1) is 7.92. The Morgan fingerprint density at radius 1 is 1.08 bits per heavy atom. The molecule has 2 rings (SSSR count). The summed E-state index contributed by atoms with van der Waals surface area (Å²) in [6.07, 6.45) is 3.95. The largest absolute Gasteiger partial charge is 0.386 e. The molecule has 0 aliphatic carbocycles. The predicted octanol–water partition coefficient (Wildman–Crippen LogP) is 1.47. The van der Waals surface area contributed by atoms with Crippen molar-refractivity contribution in [3.63, 3.8) is 0 Å². The van der Waals surface area contributed by atoms with E-state index in [1.54, 1.807) is 0 Å². The van der Waals surface area contributed by atoms with Crippen LogP contribution in [0.25, 0.3) is 5.57 Å². The Kier molecular flexibility index (Phi) is 2.04. The zero-order chi connectivity index (χ0) is 9.10. The fourth-order valence-electron chi connectivity index (χ4n) is 1.36. The third-order valence-corrected chi connectivity index (χ3v) is 2.09. The lowest BCUT2D eigenvalue weighted by molar-refractivity contribution is 0.885. The number of rotatable bonds is 1. The smallest absolute Gasteiger partial charge is 0.0962 e. The number of hydrogen-bond acceptors (Lipinski definition) is 2. The summed E-state index contributed by atoms with van der Waals surface area (Å²) in [5.74, 6) is 0.736. The molecule has 0 saturated heterocycles. The SMILES string of the molecule is NC1=CC=C(c2ccccc2)CN1. The molecule has 13 heavy (non-hydrogen) atoms. The molecule has 66 valence electrons. The van der Waals surface area contributed by atoms with Gasteiger partial charge < -0.3 is 11.1 Å². The molecule has 2 heteroatoms. The molecule has 0 bridgehead atoms. The maximum atomic E-state index is 5.58. The standard InChI is InChI=1S/C11H12N2/c12-11-7-6-10(8-13-11)9-4-2-1-3-5-9/h1-7,13H,8,12H2. The number of dihydropyridines is 1. The molecule has 0 spiro atoms. The van der Waals surface area contributed by atoms with Crippen molar-refractivity contribution in [2.24, 2.45) is 5.73 Å². The lowest BCUT2D eigenvalue weighted by Gasteiger charge is -2.14. The zero-order valence-corrected chi connectivity index (χ0v) is 7.33. The molecule has 1 aliphatic heterocycles. The van der Waals surface area contributed by atoms with Gasteiger partial charge in [0.05, 0.1) is 5.82 Å². The summed E-state index contributed by atoms with van der Waals surface area (Å²) >= 11 is 0. The molecular formula is C11H12N2. The monoisotopic (exact) mass is 172 g/mol. The first-order valence-corrected chi connectivity index (χ1v) is 4.32. The van der Waals surface area contributed by atoms with Gasteiger partial charge in [-0.3, -0.25) is 0 Å². The van der Waals surface area contributed by atoms with Crippen LogP contribution in [0.5, 0.6) is 0 Å². The van der Waals surface area contributed by atoms with Crippen LogP contribution in [-0.4, -0.2) is 6.54 Å². The van der Waals surface area contributed by atoms with Gasteiger partial charge in [0.25, 0.3) is 0 Å². The van der Waals surface area contributed by atoms with Gasteiger partial charge in [0, 0.05) is 6.54 Å². The van der Waals surface area contributed by atoms with E-state index in [0.29, 0.717) is 0 Å². The Bertz CT molecular complexity index is 350. The highest BCUT2D eigenvalue weighted by Gasteiger charge is 2.03. The van der Waals surface area contributed by atoms with E-state index < -0.39 is 0 Å². The Morgan fingerprint density at radius 2 is 1.85 bits per heavy atom. The maximum absolute atomic E-state index is 5.58. The Hall–Kier alpha value is -1.70. The highest BCUT2D eigenvalue weighted by molar-refractivity contribution is 5.69. The summed E-state index contributed by atoms with van der Waals surface area (Å²) < 4.78 is 0. The topological polar surface area (TPSA) is 38.0 Å². The van der Waals surface area contributed by atoms with Gasteiger partial charge in [-0.1, -0.05) is 36.4 Å². The zero-order valence-electron chi connectivity index (χ0n) is 7.33. The fraction of sp³-hybridized carbons (Fsp3) is 0.0909. The Morgan fingerprint density at radius 3 is 2.46 bits per heavy atom. The van der Waals surface area contributed by atoms with Crippen molar-refractivity contribution in [1.82, 2.24) is 5.32 Å². The number of hydrogen-bond donors (Lipinski definition) is 2. The van der Waals surface area contributed by atoms with Crippen molar-refractivity contribution in [3.05, 3.63) is 53.9 Å². The first-order valence-electron chi connectivity index (χ1n) is 4.32. The van der Waals surface area contributed by atoms with Crippen molar-refractivity contribution in [2.45, 2.75) is 0 Å². The molecule has 1 aromatic carbocycles. The van der Waals surface area contributed by atoms with Crippen LogP contribution in [-0.2, 0) is 0 Å². The second-order valence-corrected chi connectivity index (χ2v) is 3.03. The van der Waals surface area contributed by atoms with Crippen LogP contribution in [0.4, 0.5) is 0 Å². The van der Waals surface area contributed by atoms with Crippen molar-refractivity contribution >= 4 is 5.57 Å². The minimum Gasteiger partial charge on any atom is -0.386 e. The van der Waals surface area contributed by atoms with E-state index >= 15 is 0 Å². The van der Waals surface area contributed by atoms with Gasteiger partial charge in [-0.15, -0.1) is 0 Å². The van der Waals surface area contributed by atoms with E-state index in [4.69, 9.17) is 5.73 Å². The number of allylic oxidation sites excluding steroid dienone is 2. The highest BCUT2D eigenvalue weighted by Crippen LogP contribution is 2.15. The van der Waals surface area contributed by atoms with Crippen molar-refractivity contribution in [2.75, 3.05) is 6.54 Å². The Balaban J connectivity index is 2.29. The molecule has 1 aromatic rings. The third kappa shape index (κ3) is 1.72. The maximum Gasteiger partial charge on any atom is 0.0962 e. The van der Waals surface area contributed by atoms with Crippen LogP contribution in [0, 0.1) is 0 Å². The van der Waals surface area contributed by atoms with Crippen LogP contribution in [0.15, 0.2) is 48.3 Å². The first-order chi connectivity index (χ1) is 6.36. The Labute approximate surface area is 77.8 Å². The van der Waals surface area contributed by atoms with E-state index in [0.717, 1.165) is 12.4 Å². The van der Waals surface area contributed by atoms with Crippen molar-refractivity contribution < 1.29 is 0 Å². The van der Waals surface area contributed by atoms with E-state index in [-0.39, 0.29) is 0 Å². The van der Waals surface area contributed by atoms with Crippen LogP contribution in [0.2, 0.25) is 0 Å². The molecule has 0 fully saturated rings. The molecule has 3 N–H and O–H groups in total. The van der Waals surface area contributed by atoms with Crippen LogP contribution >= 0.6 is 0 Å². The molecule has 0 radical (unpaired) electrons. The second-order valence-electron chi connectivity index (χ2n) is 3.03. The molecule has 0 amide bonds. The predicted molar refractivity (Wildman–Crippen MR) is 54.7 cm³/mol. The van der Waals surface area contributed by atoms with E-state index in [9.17, 15) is 0 Å². The van der Waals surface area contributed by atoms with Gasteiger partial charge in [-0.2, -0.15) is 0 Å². The van der Waals surface area contributed by atoms with Crippen LogP contribution in [0.1, 0.15) is 5.56 Å². The van der Waals surface area contributed by atoms with Crippen LogP contribution in [0.3, 0.4) is 0 Å². The summed E-state index contributed by atoms with van der Waals surface area (Å²) in [4.78, 5) is 0. The summed E-state index contributed by atoms with van der Waals surface area (Å²) in [6.45, 7) is 0.812. The lowest BCUT2D eigenvalue weighted by Crippen LogP contribution is -2.24. The van der Waals surface area contributed by atoms with Gasteiger partial charge in [-0.25, -0.2) is 0 Å². The quantitative estimate of drug-likeness (QED) is 0.673. The van der Waals surface area contributed by atoms with Gasteiger partial charge in [0.1, 0.15) is 0 Å².